The fourth-order valence-corrected chi connectivity index (χ4v) is 3.44. The van der Waals surface area contributed by atoms with Gasteiger partial charge in [-0.25, -0.2) is 4.98 Å². The van der Waals surface area contributed by atoms with Crippen molar-refractivity contribution in [2.75, 3.05) is 11.1 Å². The maximum Gasteiger partial charge on any atom is 0.234 e. The second-order valence-corrected chi connectivity index (χ2v) is 6.93. The van der Waals surface area contributed by atoms with Gasteiger partial charge in [0.05, 0.1) is 5.75 Å². The number of hydrogen-bond donors (Lipinski definition) is 1. The van der Waals surface area contributed by atoms with E-state index < -0.39 is 0 Å². The van der Waals surface area contributed by atoms with E-state index in [-0.39, 0.29) is 5.91 Å². The molecule has 0 aliphatic rings. The lowest BCUT2D eigenvalue weighted by Gasteiger charge is -2.04. The highest BCUT2D eigenvalue weighted by Gasteiger charge is 2.09. The molecule has 0 radical (unpaired) electrons. The van der Waals surface area contributed by atoms with Gasteiger partial charge in [0.15, 0.2) is 10.2 Å². The van der Waals surface area contributed by atoms with Crippen LogP contribution in [0.1, 0.15) is 5.56 Å². The van der Waals surface area contributed by atoms with Gasteiger partial charge in [-0.3, -0.25) is 4.79 Å². The van der Waals surface area contributed by atoms with Gasteiger partial charge in [-0.1, -0.05) is 54.2 Å². The van der Waals surface area contributed by atoms with Gasteiger partial charge in [-0.2, -0.15) is 4.37 Å². The zero-order chi connectivity index (χ0) is 16.1. The average molecular weight is 341 g/mol. The Balaban J connectivity index is 1.56. The molecule has 1 aromatic heterocycles. The van der Waals surface area contributed by atoms with Crippen molar-refractivity contribution in [3.8, 4) is 11.4 Å². The molecule has 3 rings (SSSR count). The predicted octanol–water partition coefficient (Wildman–Crippen LogP) is 4.24. The van der Waals surface area contributed by atoms with Crippen LogP contribution in [0, 0.1) is 6.92 Å². The molecule has 0 spiro atoms. The molecule has 0 bridgehead atoms. The number of carbonyl (C=O) groups is 1. The van der Waals surface area contributed by atoms with Gasteiger partial charge in [-0.05, 0) is 36.2 Å². The summed E-state index contributed by atoms with van der Waals surface area (Å²) in [5.74, 6) is 0.978. The van der Waals surface area contributed by atoms with Gasteiger partial charge in [0.25, 0.3) is 0 Å². The van der Waals surface area contributed by atoms with Crippen molar-refractivity contribution in [1.29, 1.82) is 0 Å². The Morgan fingerprint density at radius 2 is 2.00 bits per heavy atom. The maximum atomic E-state index is 12.0. The molecule has 0 unspecified atom stereocenters. The highest BCUT2D eigenvalue weighted by atomic mass is 32.2. The van der Waals surface area contributed by atoms with E-state index in [9.17, 15) is 4.79 Å². The molecule has 6 heteroatoms. The van der Waals surface area contributed by atoms with Crippen molar-refractivity contribution in [2.45, 2.75) is 11.3 Å². The molecule has 3 aromatic rings. The summed E-state index contributed by atoms with van der Waals surface area (Å²) in [6.07, 6.45) is 0. The van der Waals surface area contributed by atoms with Crippen LogP contribution in [0.5, 0.6) is 0 Å². The molecule has 0 saturated carbocycles. The molecule has 116 valence electrons. The Labute approximate surface area is 143 Å². The topological polar surface area (TPSA) is 54.9 Å². The van der Waals surface area contributed by atoms with Crippen molar-refractivity contribution >= 4 is 34.9 Å². The van der Waals surface area contributed by atoms with Crippen molar-refractivity contribution in [1.82, 2.24) is 9.36 Å². The highest BCUT2D eigenvalue weighted by molar-refractivity contribution is 8.01. The summed E-state index contributed by atoms with van der Waals surface area (Å²) < 4.78 is 5.13. The fourth-order valence-electron chi connectivity index (χ4n) is 2.02. The molecule has 4 nitrogen and oxygen atoms in total. The molecular weight excluding hydrogens is 326 g/mol. The normalized spacial score (nSPS) is 10.5. The lowest BCUT2D eigenvalue weighted by molar-refractivity contribution is -0.113. The molecule has 0 saturated heterocycles. The number of carbonyl (C=O) groups excluding carboxylic acids is 1. The van der Waals surface area contributed by atoms with E-state index in [1.54, 1.807) is 0 Å². The van der Waals surface area contributed by atoms with Gasteiger partial charge < -0.3 is 5.32 Å². The summed E-state index contributed by atoms with van der Waals surface area (Å²) in [6.45, 7) is 2.00. The van der Waals surface area contributed by atoms with Crippen molar-refractivity contribution < 1.29 is 4.79 Å². The van der Waals surface area contributed by atoms with Crippen LogP contribution in [0.4, 0.5) is 5.69 Å². The number of aromatic nitrogens is 2. The van der Waals surface area contributed by atoms with E-state index in [4.69, 9.17) is 0 Å². The summed E-state index contributed by atoms with van der Waals surface area (Å²) in [6, 6.07) is 17.6. The van der Waals surface area contributed by atoms with Crippen LogP contribution in [0.2, 0.25) is 0 Å². The second kappa shape index (κ2) is 7.39. The summed E-state index contributed by atoms with van der Waals surface area (Å²) >= 11 is 2.72. The van der Waals surface area contributed by atoms with Crippen LogP contribution in [-0.2, 0) is 4.79 Å². The number of amides is 1. The molecule has 1 N–H and O–H groups in total. The van der Waals surface area contributed by atoms with E-state index >= 15 is 0 Å². The second-order valence-electron chi connectivity index (χ2n) is 4.96. The molecule has 1 heterocycles. The molecule has 0 fully saturated rings. The number of thioether (sulfide) groups is 1. The summed E-state index contributed by atoms with van der Waals surface area (Å²) in [5, 5.41) is 2.89. The van der Waals surface area contributed by atoms with Crippen LogP contribution in [0.15, 0.2) is 58.9 Å². The van der Waals surface area contributed by atoms with E-state index in [0.717, 1.165) is 21.2 Å². The highest BCUT2D eigenvalue weighted by Crippen LogP contribution is 2.25. The Kier molecular flexibility index (Phi) is 5.05. The van der Waals surface area contributed by atoms with Crippen molar-refractivity contribution in [2.24, 2.45) is 0 Å². The summed E-state index contributed by atoms with van der Waals surface area (Å²) in [4.78, 5) is 16.5. The quantitative estimate of drug-likeness (QED) is 0.705. The minimum atomic E-state index is -0.0444. The largest absolute Gasteiger partial charge is 0.325 e. The summed E-state index contributed by atoms with van der Waals surface area (Å²) in [7, 11) is 0. The van der Waals surface area contributed by atoms with E-state index in [1.165, 1.54) is 23.3 Å². The number of hydrogen-bond acceptors (Lipinski definition) is 5. The fraction of sp³-hybridized carbons (Fsp3) is 0.118. The molecular formula is C17H15N3OS2. The van der Waals surface area contributed by atoms with Crippen LogP contribution >= 0.6 is 23.3 Å². The number of nitrogens with zero attached hydrogens (tertiary/aromatic N) is 2. The third-order valence-electron chi connectivity index (χ3n) is 3.07. The molecule has 23 heavy (non-hydrogen) atoms. The van der Waals surface area contributed by atoms with E-state index in [0.29, 0.717) is 11.6 Å². The standard InChI is InChI=1S/C17H15N3OS2/c1-12-6-5-9-14(10-12)18-15(21)11-22-17-19-16(20-23-17)13-7-3-2-4-8-13/h2-10H,11H2,1H3,(H,18,21). The van der Waals surface area contributed by atoms with Gasteiger partial charge in [-0.15, -0.1) is 0 Å². The third kappa shape index (κ3) is 4.40. The zero-order valence-electron chi connectivity index (χ0n) is 12.5. The monoisotopic (exact) mass is 341 g/mol. The first-order chi connectivity index (χ1) is 11.2. The molecule has 2 aromatic carbocycles. The molecule has 0 atom stereocenters. The van der Waals surface area contributed by atoms with Gasteiger partial charge in [0, 0.05) is 11.3 Å². The van der Waals surface area contributed by atoms with Crippen LogP contribution in [-0.4, -0.2) is 21.0 Å². The van der Waals surface area contributed by atoms with Gasteiger partial charge >= 0.3 is 0 Å². The first-order valence-electron chi connectivity index (χ1n) is 7.09. The van der Waals surface area contributed by atoms with Gasteiger partial charge in [0.1, 0.15) is 0 Å². The average Bonchev–Trinajstić information content (AvgIpc) is 3.03. The van der Waals surface area contributed by atoms with Gasteiger partial charge in [0.2, 0.25) is 5.91 Å². The number of anilines is 1. The van der Waals surface area contributed by atoms with Crippen LogP contribution in [0.25, 0.3) is 11.4 Å². The predicted molar refractivity (Wildman–Crippen MR) is 95.9 cm³/mol. The summed E-state index contributed by atoms with van der Waals surface area (Å²) in [5.41, 5.74) is 2.92. The Morgan fingerprint density at radius 3 is 2.78 bits per heavy atom. The SMILES string of the molecule is Cc1cccc(NC(=O)CSc2nc(-c3ccccc3)ns2)c1. The number of rotatable bonds is 5. The first kappa shape index (κ1) is 15.7. The van der Waals surface area contributed by atoms with E-state index in [1.807, 2.05) is 61.5 Å². The van der Waals surface area contributed by atoms with Crippen LogP contribution in [0.3, 0.4) is 0 Å². The van der Waals surface area contributed by atoms with Crippen molar-refractivity contribution in [3.05, 3.63) is 60.2 Å². The minimum Gasteiger partial charge on any atom is -0.325 e. The van der Waals surface area contributed by atoms with Crippen LogP contribution < -0.4 is 5.32 Å². The smallest absolute Gasteiger partial charge is 0.234 e. The van der Waals surface area contributed by atoms with Crippen molar-refractivity contribution in [3.63, 3.8) is 0 Å². The molecule has 0 aliphatic heterocycles. The zero-order valence-corrected chi connectivity index (χ0v) is 14.2. The number of nitrogens with one attached hydrogen (secondary N) is 1. The van der Waals surface area contributed by atoms with E-state index in [2.05, 4.69) is 14.7 Å². The Hall–Kier alpha value is -2.18. The lowest BCUT2D eigenvalue weighted by atomic mass is 10.2. The minimum absolute atomic E-state index is 0.0444. The molecule has 1 amide bonds. The Bertz CT molecular complexity index is 802. The molecule has 0 aliphatic carbocycles. The third-order valence-corrected chi connectivity index (χ3v) is 4.90. The number of benzene rings is 2. The first-order valence-corrected chi connectivity index (χ1v) is 8.85. The number of aryl methyl sites for hydroxylation is 1. The maximum absolute atomic E-state index is 12.0. The lowest BCUT2D eigenvalue weighted by Crippen LogP contribution is -2.13. The Morgan fingerprint density at radius 1 is 1.17 bits per heavy atom.